The highest BCUT2D eigenvalue weighted by molar-refractivity contribution is 5.87. The normalized spacial score (nSPS) is 12.4. The third kappa shape index (κ3) is 3.71. The van der Waals surface area contributed by atoms with Gasteiger partial charge in [0, 0.05) is 16.9 Å². The number of hydrogen-bond donors (Lipinski definition) is 0. The molecule has 25 heavy (non-hydrogen) atoms. The lowest BCUT2D eigenvalue weighted by molar-refractivity contribution is 0.559. The first-order chi connectivity index (χ1) is 11.7. The summed E-state index contributed by atoms with van der Waals surface area (Å²) in [5.41, 5.74) is 3.99. The molecule has 0 aliphatic rings. The van der Waals surface area contributed by atoms with E-state index in [1.165, 1.54) is 27.7 Å². The maximum Gasteiger partial charge on any atom is 0.0422 e. The Labute approximate surface area is 152 Å². The van der Waals surface area contributed by atoms with Crippen molar-refractivity contribution in [3.63, 3.8) is 0 Å². The summed E-state index contributed by atoms with van der Waals surface area (Å²) in [5, 5.41) is 2.56. The molecule has 0 aliphatic heterocycles. The average molecular weight is 332 g/mol. The Balaban J connectivity index is 2.08. The number of fused-ring (bicyclic) bond motifs is 1. The van der Waals surface area contributed by atoms with Crippen LogP contribution < -0.4 is 4.90 Å². The van der Waals surface area contributed by atoms with Gasteiger partial charge in [0.15, 0.2) is 0 Å². The van der Waals surface area contributed by atoms with Crippen LogP contribution in [0.5, 0.6) is 0 Å². The van der Waals surface area contributed by atoms with E-state index in [4.69, 9.17) is 0 Å². The van der Waals surface area contributed by atoms with E-state index in [9.17, 15) is 0 Å². The van der Waals surface area contributed by atoms with Crippen molar-refractivity contribution in [1.82, 2.24) is 0 Å². The van der Waals surface area contributed by atoms with Crippen molar-refractivity contribution in [2.75, 3.05) is 4.90 Å². The second-order valence-corrected chi connectivity index (χ2v) is 8.83. The van der Waals surface area contributed by atoms with Gasteiger partial charge in [0.2, 0.25) is 0 Å². The molecule has 3 aromatic rings. The molecule has 0 amide bonds. The van der Waals surface area contributed by atoms with Gasteiger partial charge in [0.1, 0.15) is 0 Å². The van der Waals surface area contributed by atoms with Crippen molar-refractivity contribution in [1.29, 1.82) is 0 Å². The molecular weight excluding hydrogens is 302 g/mol. The Hall–Kier alpha value is -2.28. The van der Waals surface area contributed by atoms with Gasteiger partial charge in [-0.05, 0) is 66.8 Å². The van der Waals surface area contributed by atoms with Crippen LogP contribution in [0.2, 0.25) is 0 Å². The quantitative estimate of drug-likeness (QED) is 0.485. The van der Waals surface area contributed by atoms with Crippen molar-refractivity contribution < 1.29 is 0 Å². The number of anilines is 2. The molecule has 0 saturated heterocycles. The molecule has 0 aromatic heterocycles. The molecule has 0 unspecified atom stereocenters. The summed E-state index contributed by atoms with van der Waals surface area (Å²) in [6.07, 6.45) is 0. The molecule has 0 spiro atoms. The van der Waals surface area contributed by atoms with Gasteiger partial charge in [-0.3, -0.25) is 0 Å². The Morgan fingerprint density at radius 2 is 1.16 bits per heavy atom. The van der Waals surface area contributed by atoms with Crippen molar-refractivity contribution >= 4 is 22.1 Å². The molecule has 1 heteroatoms. The van der Waals surface area contributed by atoms with Crippen LogP contribution in [-0.2, 0) is 5.41 Å². The van der Waals surface area contributed by atoms with Crippen LogP contribution in [0.1, 0.15) is 47.1 Å². The lowest BCUT2D eigenvalue weighted by Crippen LogP contribution is -2.37. The second-order valence-electron chi connectivity index (χ2n) is 8.83. The SMILES string of the molecule is CC(C)(C)c1ccc(N(c2ccc3ccccc3c2)C(C)(C)C)cc1. The Bertz CT molecular complexity index is 861. The largest absolute Gasteiger partial charge is 0.336 e. The topological polar surface area (TPSA) is 3.24 Å². The highest BCUT2D eigenvalue weighted by atomic mass is 15.2. The minimum Gasteiger partial charge on any atom is -0.336 e. The summed E-state index contributed by atoms with van der Waals surface area (Å²) < 4.78 is 0. The van der Waals surface area contributed by atoms with Gasteiger partial charge in [0.25, 0.3) is 0 Å². The molecule has 130 valence electrons. The van der Waals surface area contributed by atoms with Crippen molar-refractivity contribution in [2.24, 2.45) is 0 Å². The highest BCUT2D eigenvalue weighted by Gasteiger charge is 2.24. The van der Waals surface area contributed by atoms with Crippen LogP contribution in [0.4, 0.5) is 11.4 Å². The first-order valence-corrected chi connectivity index (χ1v) is 9.06. The number of benzene rings is 3. The van der Waals surface area contributed by atoms with Crippen molar-refractivity contribution in [3.8, 4) is 0 Å². The zero-order valence-electron chi connectivity index (χ0n) is 16.3. The van der Waals surface area contributed by atoms with Gasteiger partial charge in [-0.1, -0.05) is 63.2 Å². The summed E-state index contributed by atoms with van der Waals surface area (Å²) in [6, 6.07) is 24.3. The molecule has 0 fully saturated rings. The minimum absolute atomic E-state index is 0.00823. The van der Waals surface area contributed by atoms with Crippen LogP contribution in [-0.4, -0.2) is 5.54 Å². The lowest BCUT2D eigenvalue weighted by atomic mass is 9.87. The van der Waals surface area contributed by atoms with E-state index in [1.807, 2.05) is 0 Å². The third-order valence-corrected chi connectivity index (χ3v) is 4.65. The zero-order chi connectivity index (χ0) is 18.2. The van der Waals surface area contributed by atoms with Crippen LogP contribution in [0, 0.1) is 0 Å². The van der Waals surface area contributed by atoms with Crippen molar-refractivity contribution in [3.05, 3.63) is 72.3 Å². The van der Waals surface area contributed by atoms with Gasteiger partial charge in [-0.25, -0.2) is 0 Å². The number of hydrogen-bond acceptors (Lipinski definition) is 1. The van der Waals surface area contributed by atoms with E-state index < -0.39 is 0 Å². The van der Waals surface area contributed by atoms with Crippen molar-refractivity contribution in [2.45, 2.75) is 52.5 Å². The number of rotatable bonds is 2. The van der Waals surface area contributed by atoms with Gasteiger partial charge in [-0.15, -0.1) is 0 Å². The van der Waals surface area contributed by atoms with Crippen LogP contribution in [0.15, 0.2) is 66.7 Å². The highest BCUT2D eigenvalue weighted by Crippen LogP contribution is 2.36. The predicted molar refractivity (Wildman–Crippen MR) is 111 cm³/mol. The van der Waals surface area contributed by atoms with E-state index in [0.29, 0.717) is 0 Å². The van der Waals surface area contributed by atoms with E-state index in [-0.39, 0.29) is 11.0 Å². The first-order valence-electron chi connectivity index (χ1n) is 9.06. The Morgan fingerprint density at radius 3 is 1.72 bits per heavy atom. The molecule has 3 rings (SSSR count). The summed E-state index contributed by atoms with van der Waals surface area (Å²) in [6.45, 7) is 13.6. The van der Waals surface area contributed by atoms with Crippen LogP contribution in [0.3, 0.4) is 0 Å². The van der Waals surface area contributed by atoms with Crippen LogP contribution >= 0.6 is 0 Å². The fourth-order valence-electron chi connectivity index (χ4n) is 3.35. The third-order valence-electron chi connectivity index (χ3n) is 4.65. The second kappa shape index (κ2) is 6.22. The summed E-state index contributed by atoms with van der Waals surface area (Å²) in [4.78, 5) is 2.42. The standard InChI is InChI=1S/C24H29N/c1-23(2,3)20-12-15-21(16-13-20)25(24(4,5)6)22-14-11-18-9-7-8-10-19(18)17-22/h7-17H,1-6H3. The van der Waals surface area contributed by atoms with Crippen LogP contribution in [0.25, 0.3) is 10.8 Å². The van der Waals surface area contributed by atoms with E-state index in [1.54, 1.807) is 0 Å². The van der Waals surface area contributed by atoms with Gasteiger partial charge in [-0.2, -0.15) is 0 Å². The van der Waals surface area contributed by atoms with E-state index in [2.05, 4.69) is 113 Å². The number of nitrogens with zero attached hydrogens (tertiary/aromatic N) is 1. The van der Waals surface area contributed by atoms with E-state index in [0.717, 1.165) is 0 Å². The zero-order valence-corrected chi connectivity index (χ0v) is 16.3. The Kier molecular flexibility index (Phi) is 4.36. The molecule has 1 nitrogen and oxygen atoms in total. The molecule has 0 N–H and O–H groups in total. The molecule has 0 heterocycles. The fraction of sp³-hybridized carbons (Fsp3) is 0.333. The average Bonchev–Trinajstić information content (AvgIpc) is 2.53. The minimum atomic E-state index is -0.00823. The van der Waals surface area contributed by atoms with E-state index >= 15 is 0 Å². The summed E-state index contributed by atoms with van der Waals surface area (Å²) >= 11 is 0. The maximum atomic E-state index is 2.42. The predicted octanol–water partition coefficient (Wildman–Crippen LogP) is 7.07. The molecular formula is C24H29N. The maximum absolute atomic E-state index is 2.42. The van der Waals surface area contributed by atoms with Gasteiger partial charge in [0.05, 0.1) is 0 Å². The summed E-state index contributed by atoms with van der Waals surface area (Å²) in [7, 11) is 0. The van der Waals surface area contributed by atoms with Gasteiger partial charge < -0.3 is 4.90 Å². The van der Waals surface area contributed by atoms with Gasteiger partial charge >= 0.3 is 0 Å². The molecule has 0 aliphatic carbocycles. The monoisotopic (exact) mass is 331 g/mol. The first kappa shape index (κ1) is 17.5. The molecule has 0 atom stereocenters. The molecule has 0 radical (unpaired) electrons. The molecule has 0 bridgehead atoms. The molecule has 3 aromatic carbocycles. The molecule has 0 saturated carbocycles. The lowest BCUT2D eigenvalue weighted by Gasteiger charge is -2.38. The Morgan fingerprint density at radius 1 is 0.600 bits per heavy atom. The fourth-order valence-corrected chi connectivity index (χ4v) is 3.35. The smallest absolute Gasteiger partial charge is 0.0422 e. The summed E-state index contributed by atoms with van der Waals surface area (Å²) in [5.74, 6) is 0.